The van der Waals surface area contributed by atoms with E-state index in [-0.39, 0.29) is 5.91 Å². The predicted molar refractivity (Wildman–Crippen MR) is 130 cm³/mol. The van der Waals surface area contributed by atoms with Crippen molar-refractivity contribution in [3.63, 3.8) is 0 Å². The van der Waals surface area contributed by atoms with Gasteiger partial charge in [0.2, 0.25) is 0 Å². The second-order valence-electron chi connectivity index (χ2n) is 7.54. The van der Waals surface area contributed by atoms with E-state index in [1.165, 1.54) is 5.56 Å². The number of nitrogens with one attached hydrogen (secondary N) is 2. The zero-order chi connectivity index (χ0) is 21.8. The molecule has 0 aromatic heterocycles. The van der Waals surface area contributed by atoms with E-state index in [0.717, 1.165) is 47.8 Å². The van der Waals surface area contributed by atoms with Crippen LogP contribution in [-0.2, 0) is 11.3 Å². The van der Waals surface area contributed by atoms with Gasteiger partial charge in [0.05, 0.1) is 17.0 Å². The number of anilines is 2. The quantitative estimate of drug-likeness (QED) is 0.443. The van der Waals surface area contributed by atoms with Crippen LogP contribution in [0.5, 0.6) is 0 Å². The van der Waals surface area contributed by atoms with Gasteiger partial charge in [-0.15, -0.1) is 0 Å². The van der Waals surface area contributed by atoms with Crippen LogP contribution in [0.15, 0.2) is 72.8 Å². The molecule has 0 fully saturated rings. The maximum absolute atomic E-state index is 12.9. The number of carbonyl (C=O) groups is 1. The minimum absolute atomic E-state index is 0.137. The van der Waals surface area contributed by atoms with E-state index < -0.39 is 0 Å². The van der Waals surface area contributed by atoms with E-state index in [0.29, 0.717) is 10.6 Å². The third kappa shape index (κ3) is 4.66. The molecule has 4 rings (SSSR count). The highest BCUT2D eigenvalue weighted by atomic mass is 35.5. The van der Waals surface area contributed by atoms with Crippen molar-refractivity contribution in [1.29, 1.82) is 0 Å². The van der Waals surface area contributed by atoms with Crippen molar-refractivity contribution in [3.05, 3.63) is 94.5 Å². The summed E-state index contributed by atoms with van der Waals surface area (Å²) in [7, 11) is 0. The Kier molecular flexibility index (Phi) is 6.40. The number of hydrogen-bond donors (Lipinski definition) is 2. The average molecular weight is 432 g/mol. The molecule has 0 spiro atoms. The van der Waals surface area contributed by atoms with E-state index in [9.17, 15) is 4.79 Å². The fourth-order valence-corrected chi connectivity index (χ4v) is 3.99. The van der Waals surface area contributed by atoms with Gasteiger partial charge >= 0.3 is 0 Å². The molecule has 4 nitrogen and oxygen atoms in total. The summed E-state index contributed by atoms with van der Waals surface area (Å²) < 4.78 is 0. The van der Waals surface area contributed by atoms with Crippen molar-refractivity contribution in [3.8, 4) is 0 Å². The van der Waals surface area contributed by atoms with E-state index in [1.54, 1.807) is 6.07 Å². The zero-order valence-electron chi connectivity index (χ0n) is 17.8. The number of halogens is 1. The molecule has 0 atom stereocenters. The molecule has 2 N–H and O–H groups in total. The summed E-state index contributed by atoms with van der Waals surface area (Å²) in [4.78, 5) is 15.3. The molecule has 5 heteroatoms. The van der Waals surface area contributed by atoms with Crippen LogP contribution in [0.1, 0.15) is 30.5 Å². The summed E-state index contributed by atoms with van der Waals surface area (Å²) in [5.41, 5.74) is 6.12. The lowest BCUT2D eigenvalue weighted by Gasteiger charge is -2.19. The third-order valence-electron chi connectivity index (χ3n) is 5.56. The molecule has 0 radical (unpaired) electrons. The van der Waals surface area contributed by atoms with Crippen molar-refractivity contribution in [1.82, 2.24) is 4.90 Å². The Morgan fingerprint density at radius 3 is 2.35 bits per heavy atom. The lowest BCUT2D eigenvalue weighted by molar-refractivity contribution is -0.110. The fourth-order valence-electron chi connectivity index (χ4n) is 3.82. The largest absolute Gasteiger partial charge is 0.354 e. The zero-order valence-corrected chi connectivity index (χ0v) is 18.5. The minimum Gasteiger partial charge on any atom is -0.354 e. The number of fused-ring (bicyclic) bond motifs is 1. The van der Waals surface area contributed by atoms with Gasteiger partial charge in [0, 0.05) is 22.8 Å². The summed E-state index contributed by atoms with van der Waals surface area (Å²) in [5, 5.41) is 7.04. The van der Waals surface area contributed by atoms with Gasteiger partial charge in [0.1, 0.15) is 0 Å². The van der Waals surface area contributed by atoms with Crippen LogP contribution in [0.3, 0.4) is 0 Å². The van der Waals surface area contributed by atoms with Gasteiger partial charge < -0.3 is 10.6 Å². The van der Waals surface area contributed by atoms with Crippen molar-refractivity contribution in [2.75, 3.05) is 23.7 Å². The summed E-state index contributed by atoms with van der Waals surface area (Å²) in [6, 6.07) is 23.8. The standard InChI is InChI=1S/C26H26ClN3O/c1-3-30(4-2)17-18-10-13-21(14-11-18)28-25(19-8-6-5-7-9-19)24-22-15-12-20(27)16-23(22)29-26(24)31/h5-16,28H,3-4,17H2,1-2H3,(H,29,31)/b25-24-. The summed E-state index contributed by atoms with van der Waals surface area (Å²) in [5.74, 6) is -0.137. The summed E-state index contributed by atoms with van der Waals surface area (Å²) >= 11 is 6.13. The maximum atomic E-state index is 12.9. The van der Waals surface area contributed by atoms with Gasteiger partial charge in [-0.1, -0.05) is 74.0 Å². The normalized spacial score (nSPS) is 14.4. The topological polar surface area (TPSA) is 44.4 Å². The molecule has 1 amide bonds. The van der Waals surface area contributed by atoms with Gasteiger partial charge in [-0.25, -0.2) is 0 Å². The Hall–Kier alpha value is -3.08. The van der Waals surface area contributed by atoms with Crippen molar-refractivity contribution < 1.29 is 4.79 Å². The molecule has 1 heterocycles. The molecule has 0 saturated carbocycles. The molecular weight excluding hydrogens is 406 g/mol. The smallest absolute Gasteiger partial charge is 0.258 e. The molecule has 0 aliphatic carbocycles. The Bertz CT molecular complexity index is 1100. The van der Waals surface area contributed by atoms with Crippen LogP contribution in [-0.4, -0.2) is 23.9 Å². The summed E-state index contributed by atoms with van der Waals surface area (Å²) in [6.07, 6.45) is 0. The highest BCUT2D eigenvalue weighted by Gasteiger charge is 2.28. The number of nitrogens with zero attached hydrogens (tertiary/aromatic N) is 1. The van der Waals surface area contributed by atoms with Crippen LogP contribution < -0.4 is 10.6 Å². The molecule has 3 aromatic rings. The molecule has 0 unspecified atom stereocenters. The highest BCUT2D eigenvalue weighted by Crippen LogP contribution is 2.38. The van der Waals surface area contributed by atoms with Gasteiger partial charge in [-0.2, -0.15) is 0 Å². The Morgan fingerprint density at radius 2 is 1.68 bits per heavy atom. The molecule has 158 valence electrons. The lowest BCUT2D eigenvalue weighted by atomic mass is 10.00. The summed E-state index contributed by atoms with van der Waals surface area (Å²) in [6.45, 7) is 7.33. The predicted octanol–water partition coefficient (Wildman–Crippen LogP) is 6.11. The first-order valence-electron chi connectivity index (χ1n) is 10.6. The van der Waals surface area contributed by atoms with Crippen molar-refractivity contribution in [2.45, 2.75) is 20.4 Å². The second-order valence-corrected chi connectivity index (χ2v) is 7.98. The lowest BCUT2D eigenvalue weighted by Crippen LogP contribution is -2.22. The van der Waals surface area contributed by atoms with Crippen molar-refractivity contribution in [2.24, 2.45) is 0 Å². The van der Waals surface area contributed by atoms with Crippen LogP contribution in [0, 0.1) is 0 Å². The average Bonchev–Trinajstić information content (AvgIpc) is 3.11. The number of carbonyl (C=O) groups excluding carboxylic acids is 1. The van der Waals surface area contributed by atoms with Gasteiger partial charge in [-0.3, -0.25) is 9.69 Å². The first-order valence-corrected chi connectivity index (χ1v) is 11.0. The fraction of sp³-hybridized carbons (Fsp3) is 0.192. The van der Waals surface area contributed by atoms with E-state index in [1.807, 2.05) is 42.5 Å². The molecule has 31 heavy (non-hydrogen) atoms. The monoisotopic (exact) mass is 431 g/mol. The van der Waals surface area contributed by atoms with E-state index in [2.05, 4.69) is 53.6 Å². The molecule has 1 aliphatic heterocycles. The molecule has 0 saturated heterocycles. The van der Waals surface area contributed by atoms with Crippen LogP contribution in [0.4, 0.5) is 11.4 Å². The van der Waals surface area contributed by atoms with Crippen LogP contribution in [0.2, 0.25) is 5.02 Å². The Balaban J connectivity index is 1.72. The molecular formula is C26H26ClN3O. The maximum Gasteiger partial charge on any atom is 0.258 e. The van der Waals surface area contributed by atoms with Crippen LogP contribution in [0.25, 0.3) is 11.3 Å². The Labute approximate surface area is 188 Å². The Morgan fingerprint density at radius 1 is 0.968 bits per heavy atom. The van der Waals surface area contributed by atoms with Gasteiger partial charge in [-0.05, 0) is 48.5 Å². The SMILES string of the molecule is CCN(CC)Cc1ccc(N/C(=C2\C(=O)Nc3cc(Cl)ccc32)c2ccccc2)cc1. The van der Waals surface area contributed by atoms with E-state index >= 15 is 0 Å². The van der Waals surface area contributed by atoms with E-state index in [4.69, 9.17) is 11.6 Å². The number of rotatable bonds is 7. The molecule has 1 aliphatic rings. The molecule has 0 bridgehead atoms. The number of benzene rings is 3. The number of hydrogen-bond acceptors (Lipinski definition) is 3. The first kappa shape index (κ1) is 21.2. The van der Waals surface area contributed by atoms with Crippen molar-refractivity contribution >= 4 is 40.2 Å². The highest BCUT2D eigenvalue weighted by molar-refractivity contribution is 6.38. The minimum atomic E-state index is -0.137. The third-order valence-corrected chi connectivity index (χ3v) is 5.80. The second kappa shape index (κ2) is 9.38. The first-order chi connectivity index (χ1) is 15.1. The number of amides is 1. The van der Waals surface area contributed by atoms with Gasteiger partial charge in [0.15, 0.2) is 0 Å². The van der Waals surface area contributed by atoms with Crippen LogP contribution >= 0.6 is 11.6 Å². The molecule has 3 aromatic carbocycles. The van der Waals surface area contributed by atoms with Gasteiger partial charge in [0.25, 0.3) is 5.91 Å².